The zero-order valence-electron chi connectivity index (χ0n) is 21.6. The van der Waals surface area contributed by atoms with Gasteiger partial charge in [0, 0.05) is 38.8 Å². The van der Waals surface area contributed by atoms with E-state index in [-0.39, 0.29) is 17.9 Å². The van der Waals surface area contributed by atoms with Gasteiger partial charge in [-0.25, -0.2) is 17.7 Å². The molecule has 0 aromatic rings. The zero-order chi connectivity index (χ0) is 24.3. The molecule has 5 fully saturated rings. The minimum absolute atomic E-state index is 0.0392. The average Bonchev–Trinajstić information content (AvgIpc) is 3.32. The van der Waals surface area contributed by atoms with Crippen LogP contribution in [0.2, 0.25) is 0 Å². The summed E-state index contributed by atoms with van der Waals surface area (Å²) in [6.07, 6.45) is 16.5. The molecule has 200 valence electrons. The van der Waals surface area contributed by atoms with E-state index in [1.54, 1.807) is 4.31 Å². The maximum atomic E-state index is 13.1. The first-order chi connectivity index (χ1) is 17.0. The minimum Gasteiger partial charge on any atom is -0.355 e. The Morgan fingerprint density at radius 1 is 0.800 bits per heavy atom. The molecule has 0 bridgehead atoms. The third-order valence-corrected chi connectivity index (χ3v) is 12.1. The smallest absolute Gasteiger partial charge is 0.226 e. The Kier molecular flexibility index (Phi) is 8.73. The van der Waals surface area contributed by atoms with E-state index in [1.165, 1.54) is 51.4 Å². The Bertz CT molecular complexity index is 801. The molecule has 3 saturated heterocycles. The van der Waals surface area contributed by atoms with E-state index in [1.807, 2.05) is 0 Å². The third-order valence-electron chi connectivity index (χ3n) is 10.0. The van der Waals surface area contributed by atoms with Crippen molar-refractivity contribution in [3.63, 3.8) is 0 Å². The number of fused-ring (bicyclic) bond motifs is 1. The van der Waals surface area contributed by atoms with E-state index in [0.29, 0.717) is 42.5 Å². The number of hydrazine groups is 1. The maximum absolute atomic E-state index is 13.1. The Hall–Kier alpha value is -0.700. The minimum atomic E-state index is -3.12. The molecule has 0 spiro atoms. The van der Waals surface area contributed by atoms with E-state index >= 15 is 0 Å². The van der Waals surface area contributed by atoms with Crippen molar-refractivity contribution in [2.24, 2.45) is 29.6 Å². The van der Waals surface area contributed by atoms with Gasteiger partial charge in [0.05, 0.1) is 11.7 Å². The highest BCUT2D eigenvalue weighted by atomic mass is 32.2. The number of sulfonamides is 1. The third kappa shape index (κ3) is 6.42. The molecule has 0 aromatic heterocycles. The van der Waals surface area contributed by atoms with Crippen LogP contribution in [0.5, 0.6) is 0 Å². The van der Waals surface area contributed by atoms with Crippen LogP contribution in [-0.2, 0) is 14.8 Å². The molecule has 3 atom stereocenters. The number of hydrogen-bond donors (Lipinski definition) is 2. The van der Waals surface area contributed by atoms with Crippen molar-refractivity contribution in [2.75, 3.05) is 38.5 Å². The van der Waals surface area contributed by atoms with Crippen LogP contribution in [0.25, 0.3) is 0 Å². The molecule has 5 rings (SSSR count). The van der Waals surface area contributed by atoms with Crippen LogP contribution in [0.4, 0.5) is 0 Å². The van der Waals surface area contributed by atoms with Crippen LogP contribution in [0.3, 0.4) is 0 Å². The predicted molar refractivity (Wildman–Crippen MR) is 139 cm³/mol. The lowest BCUT2D eigenvalue weighted by molar-refractivity contribution is -0.126. The summed E-state index contributed by atoms with van der Waals surface area (Å²) in [6.45, 7) is 3.98. The summed E-state index contributed by atoms with van der Waals surface area (Å²) in [5.41, 5.74) is 3.50. The van der Waals surface area contributed by atoms with Gasteiger partial charge in [0.2, 0.25) is 15.9 Å². The number of amides is 1. The van der Waals surface area contributed by atoms with E-state index in [4.69, 9.17) is 0 Å². The van der Waals surface area contributed by atoms with Crippen LogP contribution in [0.1, 0.15) is 89.9 Å². The molecule has 5 aliphatic rings. The number of carbonyl (C=O) groups is 1. The van der Waals surface area contributed by atoms with Crippen molar-refractivity contribution in [2.45, 2.75) is 95.9 Å². The molecule has 0 aromatic carbocycles. The highest BCUT2D eigenvalue weighted by molar-refractivity contribution is 7.89. The van der Waals surface area contributed by atoms with E-state index in [9.17, 15) is 13.2 Å². The number of carbonyl (C=O) groups excluding carboxylic acids is 1. The van der Waals surface area contributed by atoms with Gasteiger partial charge in [-0.2, -0.15) is 0 Å². The number of rotatable bonds is 7. The second kappa shape index (κ2) is 11.8. The summed E-state index contributed by atoms with van der Waals surface area (Å²) in [5, 5.41) is 5.62. The fraction of sp³-hybridized carbons (Fsp3) is 0.963. The Morgan fingerprint density at radius 2 is 1.43 bits per heavy atom. The second-order valence-corrected chi connectivity index (χ2v) is 14.3. The Balaban J connectivity index is 1.10. The lowest BCUT2D eigenvalue weighted by atomic mass is 9.75. The highest BCUT2D eigenvalue weighted by Crippen LogP contribution is 2.39. The van der Waals surface area contributed by atoms with Gasteiger partial charge in [0.1, 0.15) is 0 Å². The van der Waals surface area contributed by atoms with Crippen LogP contribution >= 0.6 is 0 Å². The first kappa shape index (κ1) is 25.9. The quantitative estimate of drug-likeness (QED) is 0.550. The van der Waals surface area contributed by atoms with Crippen LogP contribution in [-0.4, -0.2) is 68.2 Å². The topological polar surface area (TPSA) is 81.8 Å². The van der Waals surface area contributed by atoms with Crippen LogP contribution in [0, 0.1) is 29.6 Å². The maximum Gasteiger partial charge on any atom is 0.226 e. The molecular weight excluding hydrogens is 460 g/mol. The van der Waals surface area contributed by atoms with Gasteiger partial charge < -0.3 is 5.32 Å². The molecule has 7 nitrogen and oxygen atoms in total. The molecular formula is C27H48N4O3S. The Morgan fingerprint density at radius 3 is 2.11 bits per heavy atom. The molecule has 8 heteroatoms. The van der Waals surface area contributed by atoms with Gasteiger partial charge >= 0.3 is 0 Å². The molecule has 0 radical (unpaired) electrons. The summed E-state index contributed by atoms with van der Waals surface area (Å²) in [7, 11) is -3.12. The second-order valence-electron chi connectivity index (χ2n) is 12.3. The van der Waals surface area contributed by atoms with E-state index < -0.39 is 10.0 Å². The first-order valence-corrected chi connectivity index (χ1v) is 16.4. The number of hydrogen-bond acceptors (Lipinski definition) is 5. The predicted octanol–water partition coefficient (Wildman–Crippen LogP) is 3.52. The molecule has 3 aliphatic heterocycles. The van der Waals surface area contributed by atoms with E-state index in [0.717, 1.165) is 58.2 Å². The molecule has 1 amide bonds. The largest absolute Gasteiger partial charge is 0.355 e. The van der Waals surface area contributed by atoms with Gasteiger partial charge in [0.15, 0.2) is 0 Å². The van der Waals surface area contributed by atoms with Crippen molar-refractivity contribution in [3.05, 3.63) is 0 Å². The first-order valence-electron chi connectivity index (χ1n) is 14.8. The van der Waals surface area contributed by atoms with Crippen LogP contribution in [0.15, 0.2) is 0 Å². The normalized spacial score (nSPS) is 33.0. The molecule has 3 unspecified atom stereocenters. The number of piperidine rings is 2. The van der Waals surface area contributed by atoms with Crippen molar-refractivity contribution >= 4 is 15.9 Å². The summed E-state index contributed by atoms with van der Waals surface area (Å²) >= 11 is 0. The molecule has 3 heterocycles. The van der Waals surface area contributed by atoms with Crippen LogP contribution < -0.4 is 10.7 Å². The molecule has 35 heavy (non-hydrogen) atoms. The molecule has 2 saturated carbocycles. The lowest BCUT2D eigenvalue weighted by Gasteiger charge is -2.42. The van der Waals surface area contributed by atoms with Gasteiger partial charge in [0.25, 0.3) is 0 Å². The fourth-order valence-corrected chi connectivity index (χ4v) is 9.71. The van der Waals surface area contributed by atoms with E-state index in [2.05, 4.69) is 15.8 Å². The van der Waals surface area contributed by atoms with Gasteiger partial charge in [-0.15, -0.1) is 0 Å². The summed E-state index contributed by atoms with van der Waals surface area (Å²) < 4.78 is 27.9. The monoisotopic (exact) mass is 508 g/mol. The SMILES string of the molecule is O=C(NCC1CCCCC1)C1CNN2CCC(C3CCN(S(=O)(=O)CC4CCCCC4)CC3)CC12. The molecule has 2 aliphatic carbocycles. The van der Waals surface area contributed by atoms with Crippen molar-refractivity contribution in [3.8, 4) is 0 Å². The van der Waals surface area contributed by atoms with Crippen molar-refractivity contribution in [1.29, 1.82) is 0 Å². The summed E-state index contributed by atoms with van der Waals surface area (Å²) in [6, 6.07) is 0.285. The lowest BCUT2D eigenvalue weighted by Crippen LogP contribution is -2.49. The molecule has 2 N–H and O–H groups in total. The highest BCUT2D eigenvalue weighted by Gasteiger charge is 2.44. The van der Waals surface area contributed by atoms with Crippen molar-refractivity contribution < 1.29 is 13.2 Å². The Labute approximate surface area is 213 Å². The summed E-state index contributed by atoms with van der Waals surface area (Å²) in [4.78, 5) is 13.1. The standard InChI is InChI=1S/C27H48N4O3S/c32-27(28-18-21-7-3-1-4-8-21)25-19-29-31-16-13-24(17-26(25)31)23-11-14-30(15-12-23)35(33,34)20-22-9-5-2-6-10-22/h21-26,29H,1-20H2,(H,28,32). The summed E-state index contributed by atoms with van der Waals surface area (Å²) in [5.74, 6) is 2.86. The average molecular weight is 509 g/mol. The number of nitrogens with zero attached hydrogens (tertiary/aromatic N) is 2. The zero-order valence-corrected chi connectivity index (χ0v) is 22.5. The van der Waals surface area contributed by atoms with Gasteiger partial charge in [-0.3, -0.25) is 10.2 Å². The number of nitrogens with one attached hydrogen (secondary N) is 2. The van der Waals surface area contributed by atoms with Crippen molar-refractivity contribution in [1.82, 2.24) is 20.1 Å². The van der Waals surface area contributed by atoms with Gasteiger partial charge in [-0.1, -0.05) is 38.5 Å². The fourth-order valence-electron chi connectivity index (χ4n) is 7.80. The van der Waals surface area contributed by atoms with Gasteiger partial charge in [-0.05, 0) is 75.0 Å².